The van der Waals surface area contributed by atoms with Gasteiger partial charge in [-0.15, -0.1) is 0 Å². The Morgan fingerprint density at radius 1 is 0.824 bits per heavy atom. The number of halogens is 2. The van der Waals surface area contributed by atoms with Crippen LogP contribution in [0.2, 0.25) is 0 Å². The molecular formula is C15H12Br2. The standard InChI is InChI=1S/C15H12Br2/c1-11(13-4-8-15(17)9-5-13)10-12-2-6-14(16)7-3-12/h2-10H,1H3/b11-10+. The zero-order valence-corrected chi connectivity index (χ0v) is 12.6. The Balaban J connectivity index is 2.27. The Bertz CT molecular complexity index is 522. The maximum absolute atomic E-state index is 3.44. The van der Waals surface area contributed by atoms with E-state index >= 15 is 0 Å². The lowest BCUT2D eigenvalue weighted by atomic mass is 10.0. The minimum absolute atomic E-state index is 1.11. The van der Waals surface area contributed by atoms with Gasteiger partial charge < -0.3 is 0 Å². The molecule has 0 spiro atoms. The molecule has 0 aromatic heterocycles. The van der Waals surface area contributed by atoms with E-state index in [0.717, 1.165) is 8.95 Å². The molecule has 2 rings (SSSR count). The van der Waals surface area contributed by atoms with Crippen LogP contribution in [-0.4, -0.2) is 0 Å². The maximum atomic E-state index is 3.44. The van der Waals surface area contributed by atoms with Crippen molar-refractivity contribution in [2.45, 2.75) is 6.92 Å². The summed E-state index contributed by atoms with van der Waals surface area (Å²) in [4.78, 5) is 0. The Kier molecular flexibility index (Phi) is 4.19. The van der Waals surface area contributed by atoms with Crippen LogP contribution >= 0.6 is 31.9 Å². The van der Waals surface area contributed by atoms with E-state index in [0.29, 0.717) is 0 Å². The third-order valence-corrected chi connectivity index (χ3v) is 3.61. The van der Waals surface area contributed by atoms with Crippen LogP contribution in [0.5, 0.6) is 0 Å². The molecule has 0 aliphatic heterocycles. The first-order valence-electron chi connectivity index (χ1n) is 5.35. The lowest BCUT2D eigenvalue weighted by Crippen LogP contribution is -1.79. The molecule has 0 N–H and O–H groups in total. The van der Waals surface area contributed by atoms with Crippen molar-refractivity contribution < 1.29 is 0 Å². The third kappa shape index (κ3) is 3.55. The number of hydrogen-bond donors (Lipinski definition) is 0. The van der Waals surface area contributed by atoms with Crippen LogP contribution in [0, 0.1) is 0 Å². The fourth-order valence-corrected chi connectivity index (χ4v) is 2.13. The van der Waals surface area contributed by atoms with Gasteiger partial charge >= 0.3 is 0 Å². The summed E-state index contributed by atoms with van der Waals surface area (Å²) in [5, 5.41) is 0. The van der Waals surface area contributed by atoms with Crippen LogP contribution in [0.3, 0.4) is 0 Å². The molecule has 0 nitrogen and oxygen atoms in total. The lowest BCUT2D eigenvalue weighted by Gasteiger charge is -2.02. The minimum atomic E-state index is 1.11. The van der Waals surface area contributed by atoms with Gasteiger partial charge in [0.05, 0.1) is 0 Å². The number of benzene rings is 2. The molecule has 86 valence electrons. The average molecular weight is 352 g/mol. The predicted molar refractivity (Wildman–Crippen MR) is 81.8 cm³/mol. The number of rotatable bonds is 2. The van der Waals surface area contributed by atoms with Crippen molar-refractivity contribution in [3.8, 4) is 0 Å². The topological polar surface area (TPSA) is 0 Å². The molecule has 0 saturated heterocycles. The summed E-state index contributed by atoms with van der Waals surface area (Å²) in [6.45, 7) is 2.13. The first-order valence-corrected chi connectivity index (χ1v) is 6.93. The molecule has 0 aliphatic rings. The second kappa shape index (κ2) is 5.65. The van der Waals surface area contributed by atoms with Gasteiger partial charge in [0.25, 0.3) is 0 Å². The van der Waals surface area contributed by atoms with E-state index < -0.39 is 0 Å². The normalized spacial score (nSPS) is 11.6. The van der Waals surface area contributed by atoms with Crippen molar-refractivity contribution in [2.75, 3.05) is 0 Å². The highest BCUT2D eigenvalue weighted by Gasteiger charge is 1.96. The van der Waals surface area contributed by atoms with Gasteiger partial charge in [0.15, 0.2) is 0 Å². The minimum Gasteiger partial charge on any atom is -0.0539 e. The lowest BCUT2D eigenvalue weighted by molar-refractivity contribution is 1.54. The summed E-state index contributed by atoms with van der Waals surface area (Å²) in [5.74, 6) is 0. The molecule has 0 saturated carbocycles. The SMILES string of the molecule is C/C(=C\c1ccc(Br)cc1)c1ccc(Br)cc1. The van der Waals surface area contributed by atoms with Crippen LogP contribution in [0.25, 0.3) is 11.6 Å². The largest absolute Gasteiger partial charge is 0.0539 e. The average Bonchev–Trinajstić information content (AvgIpc) is 2.33. The Morgan fingerprint density at radius 2 is 1.29 bits per heavy atom. The van der Waals surface area contributed by atoms with Crippen molar-refractivity contribution in [3.05, 3.63) is 68.6 Å². The zero-order chi connectivity index (χ0) is 12.3. The van der Waals surface area contributed by atoms with Crippen LogP contribution < -0.4 is 0 Å². The Hall–Kier alpha value is -0.860. The predicted octanol–water partition coefficient (Wildman–Crippen LogP) is 5.77. The summed E-state index contributed by atoms with van der Waals surface area (Å²) < 4.78 is 2.22. The van der Waals surface area contributed by atoms with E-state index in [-0.39, 0.29) is 0 Å². The molecule has 2 aromatic rings. The van der Waals surface area contributed by atoms with Gasteiger partial charge in [-0.05, 0) is 47.9 Å². The summed E-state index contributed by atoms with van der Waals surface area (Å²) in [7, 11) is 0. The molecular weight excluding hydrogens is 340 g/mol. The van der Waals surface area contributed by atoms with Crippen LogP contribution in [-0.2, 0) is 0 Å². The highest BCUT2D eigenvalue weighted by molar-refractivity contribution is 9.10. The molecule has 2 aromatic carbocycles. The van der Waals surface area contributed by atoms with E-state index in [9.17, 15) is 0 Å². The summed E-state index contributed by atoms with van der Waals surface area (Å²) in [6.07, 6.45) is 2.19. The second-order valence-electron chi connectivity index (χ2n) is 3.89. The highest BCUT2D eigenvalue weighted by atomic mass is 79.9. The van der Waals surface area contributed by atoms with Gasteiger partial charge in [0, 0.05) is 8.95 Å². The number of hydrogen-bond acceptors (Lipinski definition) is 0. The second-order valence-corrected chi connectivity index (χ2v) is 5.72. The Morgan fingerprint density at radius 3 is 1.82 bits per heavy atom. The summed E-state index contributed by atoms with van der Waals surface area (Å²) >= 11 is 6.88. The quantitative estimate of drug-likeness (QED) is 0.602. The Labute approximate surface area is 119 Å². The molecule has 17 heavy (non-hydrogen) atoms. The molecule has 0 heterocycles. The first kappa shape index (κ1) is 12.6. The monoisotopic (exact) mass is 350 g/mol. The van der Waals surface area contributed by atoms with E-state index in [1.165, 1.54) is 16.7 Å². The fourth-order valence-electron chi connectivity index (χ4n) is 1.61. The smallest absolute Gasteiger partial charge is 0.0175 e. The van der Waals surface area contributed by atoms with Crippen molar-refractivity contribution >= 4 is 43.5 Å². The maximum Gasteiger partial charge on any atom is 0.0175 e. The van der Waals surface area contributed by atoms with Gasteiger partial charge in [-0.1, -0.05) is 62.2 Å². The number of allylic oxidation sites excluding steroid dienone is 1. The van der Waals surface area contributed by atoms with Gasteiger partial charge in [0.2, 0.25) is 0 Å². The summed E-state index contributed by atoms with van der Waals surface area (Å²) in [6, 6.07) is 16.7. The van der Waals surface area contributed by atoms with Gasteiger partial charge in [-0.25, -0.2) is 0 Å². The highest BCUT2D eigenvalue weighted by Crippen LogP contribution is 2.20. The van der Waals surface area contributed by atoms with E-state index in [4.69, 9.17) is 0 Å². The van der Waals surface area contributed by atoms with E-state index in [1.54, 1.807) is 0 Å². The third-order valence-electron chi connectivity index (χ3n) is 2.55. The molecule has 0 radical (unpaired) electrons. The van der Waals surface area contributed by atoms with Crippen molar-refractivity contribution in [3.63, 3.8) is 0 Å². The molecule has 0 fully saturated rings. The molecule has 0 unspecified atom stereocenters. The molecule has 0 aliphatic carbocycles. The first-order chi connectivity index (χ1) is 8.15. The van der Waals surface area contributed by atoms with Gasteiger partial charge in [-0.2, -0.15) is 0 Å². The van der Waals surface area contributed by atoms with Gasteiger partial charge in [-0.3, -0.25) is 0 Å². The van der Waals surface area contributed by atoms with E-state index in [2.05, 4.69) is 93.4 Å². The molecule has 0 amide bonds. The van der Waals surface area contributed by atoms with Gasteiger partial charge in [0.1, 0.15) is 0 Å². The van der Waals surface area contributed by atoms with Crippen LogP contribution in [0.4, 0.5) is 0 Å². The molecule has 0 atom stereocenters. The molecule has 0 bridgehead atoms. The van der Waals surface area contributed by atoms with Crippen LogP contribution in [0.1, 0.15) is 18.1 Å². The van der Waals surface area contributed by atoms with E-state index in [1.807, 2.05) is 0 Å². The summed E-state index contributed by atoms with van der Waals surface area (Å²) in [5.41, 5.74) is 3.73. The van der Waals surface area contributed by atoms with Crippen molar-refractivity contribution in [1.29, 1.82) is 0 Å². The molecule has 2 heteroatoms. The van der Waals surface area contributed by atoms with Crippen molar-refractivity contribution in [1.82, 2.24) is 0 Å². The fraction of sp³-hybridized carbons (Fsp3) is 0.0667. The zero-order valence-electron chi connectivity index (χ0n) is 9.45. The van der Waals surface area contributed by atoms with Crippen LogP contribution in [0.15, 0.2) is 57.5 Å². The van der Waals surface area contributed by atoms with Crippen molar-refractivity contribution in [2.24, 2.45) is 0 Å².